The maximum absolute atomic E-state index is 2.46. The summed E-state index contributed by atoms with van der Waals surface area (Å²) in [5, 5.41) is 0. The van der Waals surface area contributed by atoms with E-state index in [0.29, 0.717) is 0 Å². The standard InChI is InChI=1S/C26H33N2.2ClH.Ti/c1-18-15-19(2)25(20(3)16-18)27-26(4,5)24-14-9-8-12-23(24)22-13-10-11-21(22)17-28(6)7;;;/h8-12,14-16H,13,17H2,1-7H3;2*1H;/q-1;;;+3/p-2. The van der Waals surface area contributed by atoms with Crippen LogP contribution in [0.25, 0.3) is 5.57 Å². The molecule has 31 heavy (non-hydrogen) atoms. The number of allylic oxidation sites excluding steroid dienone is 2. The number of halogens is 2. The van der Waals surface area contributed by atoms with Crippen LogP contribution in [0.5, 0.6) is 0 Å². The fourth-order valence-electron chi connectivity index (χ4n) is 4.53. The number of anilines is 1. The summed E-state index contributed by atoms with van der Waals surface area (Å²) in [5.41, 5.74) is 10.9. The molecule has 0 saturated carbocycles. The molecule has 0 radical (unpaired) electrons. The average molecular weight is 492 g/mol. The van der Waals surface area contributed by atoms with Crippen molar-refractivity contribution in [1.82, 2.24) is 4.90 Å². The summed E-state index contributed by atoms with van der Waals surface area (Å²) in [6.07, 6.45) is 5.62. The van der Waals surface area contributed by atoms with Crippen molar-refractivity contribution in [3.8, 4) is 0 Å². The van der Waals surface area contributed by atoms with Crippen LogP contribution in [0.15, 0.2) is 54.1 Å². The molecule has 0 spiro atoms. The zero-order valence-corrected chi connectivity index (χ0v) is 22.8. The first-order valence-electron chi connectivity index (χ1n) is 10.4. The number of likely N-dealkylation sites (N-methyl/N-ethyl adjacent to an activating group) is 1. The Bertz CT molecular complexity index is 954. The normalized spacial score (nSPS) is 13.4. The zero-order valence-electron chi connectivity index (χ0n) is 19.7. The largest absolute Gasteiger partial charge is 1.00 e. The smallest absolute Gasteiger partial charge is 1.00 e. The number of rotatable bonds is 6. The van der Waals surface area contributed by atoms with Gasteiger partial charge in [0, 0.05) is 0 Å². The summed E-state index contributed by atoms with van der Waals surface area (Å²) >= 11 is 2.24. The fourth-order valence-corrected chi connectivity index (χ4v) is 5.27. The molecule has 1 aliphatic rings. The Hall–Kier alpha value is -1.03. The van der Waals surface area contributed by atoms with Gasteiger partial charge in [-0.05, 0) is 0 Å². The van der Waals surface area contributed by atoms with E-state index in [2.05, 4.69) is 126 Å². The summed E-state index contributed by atoms with van der Waals surface area (Å²) < 4.78 is 2.46. The van der Waals surface area contributed by atoms with Crippen molar-refractivity contribution in [3.63, 3.8) is 0 Å². The van der Waals surface area contributed by atoms with Gasteiger partial charge in [0.2, 0.25) is 0 Å². The average Bonchev–Trinajstić information content (AvgIpc) is 3.08. The van der Waals surface area contributed by atoms with Crippen LogP contribution in [0.2, 0.25) is 0 Å². The summed E-state index contributed by atoms with van der Waals surface area (Å²) in [6.45, 7) is 12.3. The van der Waals surface area contributed by atoms with Gasteiger partial charge in [0.15, 0.2) is 0 Å². The van der Waals surface area contributed by atoms with E-state index in [1.807, 2.05) is 0 Å². The number of hydrogen-bond donors (Lipinski definition) is 0. The second-order valence-electron chi connectivity index (χ2n) is 9.04. The van der Waals surface area contributed by atoms with E-state index in [1.54, 1.807) is 0 Å². The van der Waals surface area contributed by atoms with Crippen LogP contribution in [0, 0.1) is 20.8 Å². The maximum atomic E-state index is 2.46. The quantitative estimate of drug-likeness (QED) is 0.529. The van der Waals surface area contributed by atoms with Gasteiger partial charge in [-0.1, -0.05) is 0 Å². The van der Waals surface area contributed by atoms with Crippen LogP contribution in [0.1, 0.15) is 48.1 Å². The monoisotopic (exact) mass is 491 g/mol. The van der Waals surface area contributed by atoms with Crippen LogP contribution < -0.4 is 28.2 Å². The van der Waals surface area contributed by atoms with E-state index in [9.17, 15) is 0 Å². The molecule has 0 unspecified atom stereocenters. The SMILES string of the molecule is Cc1cc(C)c([N]([Ti+2])C(C)(C)c2ccccc2C2=C(CN(C)C)C=CC2)c(C)c1.[Cl-].[Cl-]. The molecule has 5 heteroatoms. The number of hydrogen-bond acceptors (Lipinski definition) is 2. The van der Waals surface area contributed by atoms with E-state index in [4.69, 9.17) is 0 Å². The number of aryl methyl sites for hydroxylation is 3. The third kappa shape index (κ3) is 5.86. The fraction of sp³-hybridized carbons (Fsp3) is 0.385. The van der Waals surface area contributed by atoms with Gasteiger partial charge >= 0.3 is 189 Å². The van der Waals surface area contributed by atoms with E-state index in [0.717, 1.165) is 13.0 Å². The van der Waals surface area contributed by atoms with Crippen molar-refractivity contribution in [3.05, 3.63) is 81.9 Å². The van der Waals surface area contributed by atoms with E-state index in [-0.39, 0.29) is 30.4 Å². The Labute approximate surface area is 213 Å². The molecular weight excluding hydrogens is 459 g/mol. The molecule has 0 amide bonds. The molecule has 0 aliphatic heterocycles. The molecule has 165 valence electrons. The predicted molar refractivity (Wildman–Crippen MR) is 122 cm³/mol. The summed E-state index contributed by atoms with van der Waals surface area (Å²) in [5.74, 6) is 0. The van der Waals surface area contributed by atoms with Crippen molar-refractivity contribution in [2.75, 3.05) is 24.0 Å². The minimum atomic E-state index is -0.139. The molecule has 2 aromatic rings. The molecule has 0 fully saturated rings. The van der Waals surface area contributed by atoms with Gasteiger partial charge in [-0.3, -0.25) is 0 Å². The summed E-state index contributed by atoms with van der Waals surface area (Å²) in [6, 6.07) is 13.5. The third-order valence-electron chi connectivity index (χ3n) is 5.84. The first-order valence-corrected chi connectivity index (χ1v) is 11.0. The van der Waals surface area contributed by atoms with Crippen LogP contribution >= 0.6 is 0 Å². The van der Waals surface area contributed by atoms with Gasteiger partial charge in [-0.25, -0.2) is 0 Å². The van der Waals surface area contributed by atoms with E-state index >= 15 is 0 Å². The Morgan fingerprint density at radius 2 is 1.55 bits per heavy atom. The van der Waals surface area contributed by atoms with Crippen molar-refractivity contribution >= 4 is 11.3 Å². The topological polar surface area (TPSA) is 6.48 Å². The minimum Gasteiger partial charge on any atom is -1.00 e. The molecule has 0 atom stereocenters. The third-order valence-corrected chi connectivity index (χ3v) is 7.07. The maximum Gasteiger partial charge on any atom is -1.00 e. The second kappa shape index (κ2) is 11.2. The molecule has 1 aliphatic carbocycles. The van der Waals surface area contributed by atoms with Gasteiger partial charge in [0.25, 0.3) is 0 Å². The summed E-state index contributed by atoms with van der Waals surface area (Å²) in [7, 11) is 4.28. The second-order valence-corrected chi connectivity index (χ2v) is 9.73. The Balaban J connectivity index is 0.00000240. The minimum absolute atomic E-state index is 0. The molecule has 0 bridgehead atoms. The molecule has 3 rings (SSSR count). The molecule has 2 aromatic carbocycles. The van der Waals surface area contributed by atoms with Gasteiger partial charge in [-0.2, -0.15) is 0 Å². The van der Waals surface area contributed by atoms with E-state index < -0.39 is 0 Å². The summed E-state index contributed by atoms with van der Waals surface area (Å²) in [4.78, 5) is 2.25. The molecule has 0 N–H and O–H groups in total. The first kappa shape index (κ1) is 28.0. The van der Waals surface area contributed by atoms with Crippen LogP contribution in [-0.4, -0.2) is 25.5 Å². The Morgan fingerprint density at radius 1 is 0.968 bits per heavy atom. The van der Waals surface area contributed by atoms with Crippen LogP contribution in [-0.2, 0) is 26.2 Å². The van der Waals surface area contributed by atoms with Crippen LogP contribution in [0.4, 0.5) is 5.69 Å². The predicted octanol–water partition coefficient (Wildman–Crippen LogP) is 0.0985. The van der Waals surface area contributed by atoms with Crippen molar-refractivity contribution in [1.29, 1.82) is 0 Å². The van der Waals surface area contributed by atoms with Crippen molar-refractivity contribution in [2.45, 2.75) is 46.6 Å². The molecule has 0 heterocycles. The number of benzene rings is 2. The first-order chi connectivity index (χ1) is 13.6. The van der Waals surface area contributed by atoms with Crippen molar-refractivity contribution < 1.29 is 45.5 Å². The number of nitrogens with zero attached hydrogens (tertiary/aromatic N) is 2. The molecule has 0 aromatic heterocycles. The molecule has 2 nitrogen and oxygen atoms in total. The Morgan fingerprint density at radius 3 is 2.13 bits per heavy atom. The Kier molecular flexibility index (Phi) is 10.1. The van der Waals surface area contributed by atoms with Crippen molar-refractivity contribution in [2.24, 2.45) is 0 Å². The molecule has 0 saturated heterocycles. The van der Waals surface area contributed by atoms with Crippen LogP contribution in [0.3, 0.4) is 0 Å². The van der Waals surface area contributed by atoms with Gasteiger partial charge in [-0.15, -0.1) is 0 Å². The zero-order chi connectivity index (χ0) is 21.3. The van der Waals surface area contributed by atoms with E-state index in [1.165, 1.54) is 44.7 Å². The van der Waals surface area contributed by atoms with Gasteiger partial charge in [0.1, 0.15) is 0 Å². The van der Waals surface area contributed by atoms with Gasteiger partial charge in [0.05, 0.1) is 0 Å². The van der Waals surface area contributed by atoms with Gasteiger partial charge < -0.3 is 24.8 Å². The molecular formula is C26H33Cl2N2Ti.